The second-order valence-electron chi connectivity index (χ2n) is 5.24. The van der Waals surface area contributed by atoms with Crippen molar-refractivity contribution in [2.45, 2.75) is 45.1 Å². The minimum Gasteiger partial charge on any atom is -0.391 e. The molecular weight excluding hydrogens is 214 g/mol. The third-order valence-electron chi connectivity index (χ3n) is 2.88. The highest BCUT2D eigenvalue weighted by molar-refractivity contribution is 5.34. The molecule has 1 saturated carbocycles. The predicted molar refractivity (Wildman–Crippen MR) is 68.0 cm³/mol. The number of rotatable bonds is 6. The fourth-order valence-electron chi connectivity index (χ4n) is 1.86. The number of hydrogen-bond acceptors (Lipinski definition) is 4. The minimum atomic E-state index is -0.311. The van der Waals surface area contributed by atoms with Crippen LogP contribution in [0.15, 0.2) is 12.3 Å². The average Bonchev–Trinajstić information content (AvgIpc) is 3.10. The summed E-state index contributed by atoms with van der Waals surface area (Å²) in [6.07, 6.45) is 4.71. The summed E-state index contributed by atoms with van der Waals surface area (Å²) in [7, 11) is 0. The average molecular weight is 235 g/mol. The molecular formula is C13H21N3O. The number of hydrogen-bond donors (Lipinski definition) is 2. The number of aliphatic hydroxyl groups excluding tert-OH is 1. The second-order valence-corrected chi connectivity index (χ2v) is 5.24. The maximum absolute atomic E-state index is 9.77. The largest absolute Gasteiger partial charge is 0.391 e. The van der Waals surface area contributed by atoms with Crippen molar-refractivity contribution in [3.05, 3.63) is 18.1 Å². The summed E-state index contributed by atoms with van der Waals surface area (Å²) in [5, 5.41) is 12.9. The van der Waals surface area contributed by atoms with E-state index in [-0.39, 0.29) is 6.10 Å². The highest BCUT2D eigenvalue weighted by Gasteiger charge is 2.26. The summed E-state index contributed by atoms with van der Waals surface area (Å²) in [5.41, 5.74) is 0. The van der Waals surface area contributed by atoms with Crippen molar-refractivity contribution in [2.24, 2.45) is 5.92 Å². The van der Waals surface area contributed by atoms with E-state index in [9.17, 15) is 5.11 Å². The number of aliphatic hydroxyl groups is 1. The molecule has 2 N–H and O–H groups in total. The standard InChI is InChI=1S/C13H21N3O/c1-9(2)7-11(17)8-15-12-5-6-14-13(16-12)10-3-4-10/h5-6,9-11,17H,3-4,7-8H2,1-2H3,(H,14,15,16). The van der Waals surface area contributed by atoms with E-state index < -0.39 is 0 Å². The Labute approximate surface area is 102 Å². The zero-order valence-corrected chi connectivity index (χ0v) is 10.6. The molecule has 0 spiro atoms. The van der Waals surface area contributed by atoms with E-state index in [4.69, 9.17) is 0 Å². The molecule has 1 aliphatic rings. The molecule has 0 aliphatic heterocycles. The number of nitrogens with one attached hydrogen (secondary N) is 1. The highest BCUT2D eigenvalue weighted by atomic mass is 16.3. The van der Waals surface area contributed by atoms with E-state index >= 15 is 0 Å². The lowest BCUT2D eigenvalue weighted by Crippen LogP contribution is -2.21. The lowest BCUT2D eigenvalue weighted by molar-refractivity contribution is 0.161. The fourth-order valence-corrected chi connectivity index (χ4v) is 1.86. The van der Waals surface area contributed by atoms with Crippen molar-refractivity contribution in [1.82, 2.24) is 9.97 Å². The van der Waals surface area contributed by atoms with Gasteiger partial charge in [-0.25, -0.2) is 9.97 Å². The summed E-state index contributed by atoms with van der Waals surface area (Å²) < 4.78 is 0. The molecule has 1 aromatic rings. The third-order valence-corrected chi connectivity index (χ3v) is 2.88. The Kier molecular flexibility index (Phi) is 3.94. The Balaban J connectivity index is 1.83. The Morgan fingerprint density at radius 3 is 2.88 bits per heavy atom. The maximum atomic E-state index is 9.77. The molecule has 0 aromatic carbocycles. The van der Waals surface area contributed by atoms with Crippen molar-refractivity contribution in [3.63, 3.8) is 0 Å². The summed E-state index contributed by atoms with van der Waals surface area (Å²) in [6.45, 7) is 4.78. The molecule has 0 radical (unpaired) electrons. The van der Waals surface area contributed by atoms with Crippen molar-refractivity contribution >= 4 is 5.82 Å². The highest BCUT2D eigenvalue weighted by Crippen LogP contribution is 2.37. The van der Waals surface area contributed by atoms with E-state index in [1.165, 1.54) is 12.8 Å². The van der Waals surface area contributed by atoms with Crippen LogP contribution in [0.25, 0.3) is 0 Å². The number of aromatic nitrogens is 2. The number of anilines is 1. The molecule has 17 heavy (non-hydrogen) atoms. The zero-order valence-electron chi connectivity index (χ0n) is 10.6. The quantitative estimate of drug-likeness (QED) is 0.793. The third kappa shape index (κ3) is 3.97. The Morgan fingerprint density at radius 1 is 1.47 bits per heavy atom. The first kappa shape index (κ1) is 12.3. The molecule has 1 heterocycles. The van der Waals surface area contributed by atoms with Gasteiger partial charge in [0.15, 0.2) is 0 Å². The van der Waals surface area contributed by atoms with E-state index in [0.717, 1.165) is 18.1 Å². The topological polar surface area (TPSA) is 58.0 Å². The van der Waals surface area contributed by atoms with Crippen molar-refractivity contribution < 1.29 is 5.11 Å². The molecule has 1 aromatic heterocycles. The molecule has 4 nitrogen and oxygen atoms in total. The summed E-state index contributed by atoms with van der Waals surface area (Å²) in [6, 6.07) is 1.86. The van der Waals surface area contributed by atoms with Gasteiger partial charge in [-0.2, -0.15) is 0 Å². The molecule has 1 atom stereocenters. The molecule has 0 bridgehead atoms. The van der Waals surface area contributed by atoms with Gasteiger partial charge in [0.2, 0.25) is 0 Å². The van der Waals surface area contributed by atoms with Gasteiger partial charge in [-0.05, 0) is 31.2 Å². The van der Waals surface area contributed by atoms with Crippen LogP contribution in [-0.2, 0) is 0 Å². The van der Waals surface area contributed by atoms with Crippen LogP contribution in [0, 0.1) is 5.92 Å². The van der Waals surface area contributed by atoms with E-state index in [2.05, 4.69) is 29.1 Å². The molecule has 0 saturated heterocycles. The van der Waals surface area contributed by atoms with Crippen LogP contribution in [0.3, 0.4) is 0 Å². The first-order valence-electron chi connectivity index (χ1n) is 6.40. The van der Waals surface area contributed by atoms with Gasteiger partial charge < -0.3 is 10.4 Å². The van der Waals surface area contributed by atoms with Crippen molar-refractivity contribution in [2.75, 3.05) is 11.9 Å². The molecule has 4 heteroatoms. The zero-order chi connectivity index (χ0) is 12.3. The van der Waals surface area contributed by atoms with Gasteiger partial charge in [0.1, 0.15) is 11.6 Å². The minimum absolute atomic E-state index is 0.311. The van der Waals surface area contributed by atoms with Gasteiger partial charge in [-0.3, -0.25) is 0 Å². The summed E-state index contributed by atoms with van der Waals surface area (Å²) >= 11 is 0. The molecule has 0 amide bonds. The van der Waals surface area contributed by atoms with Crippen LogP contribution in [-0.4, -0.2) is 27.7 Å². The van der Waals surface area contributed by atoms with Crippen molar-refractivity contribution in [3.8, 4) is 0 Å². The van der Waals surface area contributed by atoms with Gasteiger partial charge >= 0.3 is 0 Å². The molecule has 1 unspecified atom stereocenters. The maximum Gasteiger partial charge on any atom is 0.133 e. The van der Waals surface area contributed by atoms with Crippen LogP contribution in [0.5, 0.6) is 0 Å². The van der Waals surface area contributed by atoms with Gasteiger partial charge in [0.25, 0.3) is 0 Å². The van der Waals surface area contributed by atoms with Crippen LogP contribution in [0.4, 0.5) is 5.82 Å². The van der Waals surface area contributed by atoms with Gasteiger partial charge in [-0.1, -0.05) is 13.8 Å². The smallest absolute Gasteiger partial charge is 0.133 e. The second kappa shape index (κ2) is 5.45. The predicted octanol–water partition coefficient (Wildman–Crippen LogP) is 2.17. The first-order chi connectivity index (χ1) is 8.15. The SMILES string of the molecule is CC(C)CC(O)CNc1ccnc(C2CC2)n1. The molecule has 2 rings (SSSR count). The van der Waals surface area contributed by atoms with E-state index in [1.54, 1.807) is 6.20 Å². The Morgan fingerprint density at radius 2 is 2.24 bits per heavy atom. The molecule has 1 fully saturated rings. The monoisotopic (exact) mass is 235 g/mol. The lowest BCUT2D eigenvalue weighted by atomic mass is 10.1. The van der Waals surface area contributed by atoms with E-state index in [1.807, 2.05) is 6.07 Å². The van der Waals surface area contributed by atoms with Crippen LogP contribution >= 0.6 is 0 Å². The van der Waals surface area contributed by atoms with Crippen LogP contribution in [0.2, 0.25) is 0 Å². The van der Waals surface area contributed by atoms with Crippen LogP contribution < -0.4 is 5.32 Å². The lowest BCUT2D eigenvalue weighted by Gasteiger charge is -2.14. The van der Waals surface area contributed by atoms with Gasteiger partial charge in [0, 0.05) is 18.7 Å². The van der Waals surface area contributed by atoms with E-state index in [0.29, 0.717) is 18.4 Å². The Hall–Kier alpha value is -1.16. The molecule has 94 valence electrons. The normalized spacial score (nSPS) is 17.2. The van der Waals surface area contributed by atoms with Crippen molar-refractivity contribution in [1.29, 1.82) is 0 Å². The summed E-state index contributed by atoms with van der Waals surface area (Å²) in [5.74, 6) is 2.84. The number of nitrogens with zero attached hydrogens (tertiary/aromatic N) is 2. The first-order valence-corrected chi connectivity index (χ1v) is 6.40. The molecule has 1 aliphatic carbocycles. The fraction of sp³-hybridized carbons (Fsp3) is 0.692. The van der Waals surface area contributed by atoms with Gasteiger partial charge in [0.05, 0.1) is 6.10 Å². The summed E-state index contributed by atoms with van der Waals surface area (Å²) in [4.78, 5) is 8.72. The van der Waals surface area contributed by atoms with Crippen LogP contribution in [0.1, 0.15) is 44.9 Å². The van der Waals surface area contributed by atoms with Gasteiger partial charge in [-0.15, -0.1) is 0 Å². The Bertz CT molecular complexity index is 363.